The Hall–Kier alpha value is -4.59. The largest absolute Gasteiger partial charge is 0.494 e. The number of anilines is 1. The van der Waals surface area contributed by atoms with Crippen molar-refractivity contribution in [2.45, 2.75) is 77.2 Å². The molecule has 45 heavy (non-hydrogen) atoms. The summed E-state index contributed by atoms with van der Waals surface area (Å²) in [4.78, 5) is 37.4. The molecule has 1 aliphatic rings. The van der Waals surface area contributed by atoms with Crippen molar-refractivity contribution in [3.8, 4) is 11.5 Å². The number of unbranched alkanes of at least 4 members (excludes halogenated alkanes) is 4. The van der Waals surface area contributed by atoms with E-state index in [1.807, 2.05) is 0 Å². The highest BCUT2D eigenvalue weighted by molar-refractivity contribution is 5.97. The molecule has 8 nitrogen and oxygen atoms in total. The number of carbonyl (C=O) groups is 3. The number of nitrogens with one attached hydrogen (secondary N) is 2. The number of rotatable bonds is 17. The van der Waals surface area contributed by atoms with Gasteiger partial charge in [-0.15, -0.1) is 0 Å². The third kappa shape index (κ3) is 10.5. The Morgan fingerprint density at radius 1 is 0.844 bits per heavy atom. The average Bonchev–Trinajstić information content (AvgIpc) is 3.59. The molecule has 1 saturated carbocycles. The number of carboxylic acids is 1. The maximum Gasteiger partial charge on any atom is 0.343 e. The van der Waals surface area contributed by atoms with Crippen LogP contribution in [0.2, 0.25) is 0 Å². The molecule has 0 spiro atoms. The van der Waals surface area contributed by atoms with Crippen molar-refractivity contribution in [1.29, 1.82) is 0 Å². The van der Waals surface area contributed by atoms with Gasteiger partial charge < -0.3 is 25.2 Å². The molecule has 0 bridgehead atoms. The Kier molecular flexibility index (Phi) is 12.6. The smallest absolute Gasteiger partial charge is 0.343 e. The van der Waals surface area contributed by atoms with Gasteiger partial charge in [0.15, 0.2) is 0 Å². The summed E-state index contributed by atoms with van der Waals surface area (Å²) in [6, 6.07) is 19.2. The minimum Gasteiger partial charge on any atom is -0.494 e. The van der Waals surface area contributed by atoms with Crippen LogP contribution < -0.4 is 20.1 Å². The summed E-state index contributed by atoms with van der Waals surface area (Å²) in [6.45, 7) is 6.99. The van der Waals surface area contributed by atoms with Gasteiger partial charge in [0.05, 0.1) is 12.2 Å². The molecule has 8 heteroatoms. The molecule has 3 aromatic rings. The van der Waals surface area contributed by atoms with Crippen LogP contribution in [0.4, 0.5) is 5.69 Å². The standard InChI is InChI=1S/C37H44N2O6/c1-3-4-5-6-9-24-44-32-22-16-30(17-23-32)37(43)45-33-20-12-27(13-21-33)25-34(36(41)42)39-35(40)29-14-18-31(19-15-29)38-26(2)28-10-7-8-11-28/h12-23,28,34,38H,2-11,24-25H2,1H3,(H,39,40)(H,41,42)/t34-/m0/s1. The first-order chi connectivity index (χ1) is 21.8. The van der Waals surface area contributed by atoms with Crippen molar-refractivity contribution in [3.05, 3.63) is 102 Å². The Morgan fingerprint density at radius 2 is 1.47 bits per heavy atom. The Labute approximate surface area is 265 Å². The number of carboxylic acid groups (broad SMARTS) is 1. The molecule has 1 atom stereocenters. The number of carbonyl (C=O) groups excluding carboxylic acids is 2. The second kappa shape index (κ2) is 17.0. The molecule has 0 radical (unpaired) electrons. The summed E-state index contributed by atoms with van der Waals surface area (Å²) in [5.41, 5.74) is 3.25. The van der Waals surface area contributed by atoms with E-state index < -0.39 is 23.9 Å². The van der Waals surface area contributed by atoms with E-state index in [2.05, 4.69) is 24.1 Å². The van der Waals surface area contributed by atoms with Crippen LogP contribution in [0.15, 0.2) is 85.1 Å². The molecule has 0 unspecified atom stereocenters. The van der Waals surface area contributed by atoms with Crippen LogP contribution in [0.1, 0.15) is 91.0 Å². The Morgan fingerprint density at radius 3 is 2.11 bits per heavy atom. The number of hydrogen-bond acceptors (Lipinski definition) is 6. The van der Waals surface area contributed by atoms with Crippen molar-refractivity contribution in [2.75, 3.05) is 11.9 Å². The van der Waals surface area contributed by atoms with Crippen molar-refractivity contribution < 1.29 is 29.0 Å². The highest BCUT2D eigenvalue weighted by Gasteiger charge is 2.22. The van der Waals surface area contributed by atoms with Crippen LogP contribution in [0, 0.1) is 5.92 Å². The Bertz CT molecular complexity index is 1410. The topological polar surface area (TPSA) is 114 Å². The molecule has 4 rings (SSSR count). The number of aliphatic carboxylic acids is 1. The van der Waals surface area contributed by atoms with E-state index in [9.17, 15) is 19.5 Å². The molecule has 1 fully saturated rings. The van der Waals surface area contributed by atoms with Crippen molar-refractivity contribution in [1.82, 2.24) is 5.32 Å². The molecule has 0 aromatic heterocycles. The van der Waals surface area contributed by atoms with Gasteiger partial charge in [-0.3, -0.25) is 4.79 Å². The average molecular weight is 613 g/mol. The lowest BCUT2D eigenvalue weighted by atomic mass is 10.0. The lowest BCUT2D eigenvalue weighted by Gasteiger charge is -2.17. The van der Waals surface area contributed by atoms with Crippen LogP contribution in [-0.4, -0.2) is 35.6 Å². The highest BCUT2D eigenvalue weighted by atomic mass is 16.5. The van der Waals surface area contributed by atoms with Gasteiger partial charge in [0.25, 0.3) is 5.91 Å². The molecular formula is C37H44N2O6. The minimum absolute atomic E-state index is 0.0657. The minimum atomic E-state index is -1.14. The van der Waals surface area contributed by atoms with Crippen LogP contribution in [-0.2, 0) is 11.2 Å². The van der Waals surface area contributed by atoms with Gasteiger partial charge in [-0.2, -0.15) is 0 Å². The van der Waals surface area contributed by atoms with Gasteiger partial charge in [0, 0.05) is 23.4 Å². The van der Waals surface area contributed by atoms with E-state index in [4.69, 9.17) is 9.47 Å². The van der Waals surface area contributed by atoms with E-state index >= 15 is 0 Å². The first-order valence-electron chi connectivity index (χ1n) is 16.0. The number of esters is 1. The van der Waals surface area contributed by atoms with Gasteiger partial charge in [-0.05, 0) is 91.4 Å². The highest BCUT2D eigenvalue weighted by Crippen LogP contribution is 2.30. The van der Waals surface area contributed by atoms with Gasteiger partial charge in [-0.25, -0.2) is 9.59 Å². The monoisotopic (exact) mass is 612 g/mol. The molecule has 0 saturated heterocycles. The fraction of sp³-hybridized carbons (Fsp3) is 0.378. The normalized spacial score (nSPS) is 13.5. The molecule has 0 heterocycles. The molecule has 3 N–H and O–H groups in total. The molecule has 3 aromatic carbocycles. The van der Waals surface area contributed by atoms with E-state index in [1.165, 1.54) is 32.1 Å². The molecular weight excluding hydrogens is 568 g/mol. The van der Waals surface area contributed by atoms with Crippen molar-refractivity contribution >= 4 is 23.5 Å². The van der Waals surface area contributed by atoms with Gasteiger partial charge >= 0.3 is 11.9 Å². The quantitative estimate of drug-likeness (QED) is 0.0810. The van der Waals surface area contributed by atoms with Gasteiger partial charge in [0.2, 0.25) is 0 Å². The van der Waals surface area contributed by atoms with Gasteiger partial charge in [0.1, 0.15) is 17.5 Å². The van der Waals surface area contributed by atoms with Gasteiger partial charge in [-0.1, -0.05) is 64.2 Å². The molecule has 1 aliphatic carbocycles. The predicted molar refractivity (Wildman–Crippen MR) is 176 cm³/mol. The lowest BCUT2D eigenvalue weighted by Crippen LogP contribution is -2.42. The number of allylic oxidation sites excluding steroid dienone is 1. The van der Waals surface area contributed by atoms with Crippen LogP contribution in [0.3, 0.4) is 0 Å². The second-order valence-corrected chi connectivity index (χ2v) is 11.6. The number of amides is 1. The zero-order valence-electron chi connectivity index (χ0n) is 26.1. The fourth-order valence-electron chi connectivity index (χ4n) is 5.39. The van der Waals surface area contributed by atoms with Crippen LogP contribution in [0.25, 0.3) is 0 Å². The maximum atomic E-state index is 12.8. The van der Waals surface area contributed by atoms with E-state index in [1.54, 1.807) is 72.8 Å². The molecule has 0 aliphatic heterocycles. The zero-order chi connectivity index (χ0) is 32.0. The first kappa shape index (κ1) is 33.3. The first-order valence-corrected chi connectivity index (χ1v) is 16.0. The van der Waals surface area contributed by atoms with Crippen molar-refractivity contribution in [2.24, 2.45) is 5.92 Å². The third-order valence-corrected chi connectivity index (χ3v) is 8.08. The molecule has 1 amide bonds. The summed E-state index contributed by atoms with van der Waals surface area (Å²) in [7, 11) is 0. The van der Waals surface area contributed by atoms with Crippen molar-refractivity contribution in [3.63, 3.8) is 0 Å². The number of ether oxygens (including phenoxy) is 2. The lowest BCUT2D eigenvalue weighted by molar-refractivity contribution is -0.139. The summed E-state index contributed by atoms with van der Waals surface area (Å²) >= 11 is 0. The fourth-order valence-corrected chi connectivity index (χ4v) is 5.39. The summed E-state index contributed by atoms with van der Waals surface area (Å²) in [5.74, 6) is -0.615. The van der Waals surface area contributed by atoms with Crippen LogP contribution in [0.5, 0.6) is 11.5 Å². The maximum absolute atomic E-state index is 12.8. The SMILES string of the molecule is C=C(Nc1ccc(C(=O)N[C@@H](Cc2ccc(OC(=O)c3ccc(OCCCCCCC)cc3)cc2)C(=O)O)cc1)C1CCCC1. The van der Waals surface area contributed by atoms with E-state index in [0.29, 0.717) is 40.7 Å². The summed E-state index contributed by atoms with van der Waals surface area (Å²) < 4.78 is 11.2. The summed E-state index contributed by atoms with van der Waals surface area (Å²) in [6.07, 6.45) is 10.6. The molecule has 238 valence electrons. The van der Waals surface area contributed by atoms with Crippen LogP contribution >= 0.6 is 0 Å². The van der Waals surface area contributed by atoms with E-state index in [-0.39, 0.29) is 6.42 Å². The second-order valence-electron chi connectivity index (χ2n) is 11.6. The number of benzene rings is 3. The zero-order valence-corrected chi connectivity index (χ0v) is 26.1. The summed E-state index contributed by atoms with van der Waals surface area (Å²) in [5, 5.41) is 15.7. The predicted octanol–water partition coefficient (Wildman–Crippen LogP) is 7.80. The van der Waals surface area contributed by atoms with E-state index in [0.717, 1.165) is 37.1 Å². The number of hydrogen-bond donors (Lipinski definition) is 3. The Balaban J connectivity index is 1.24. The third-order valence-electron chi connectivity index (χ3n) is 8.08.